The number of ether oxygens (including phenoxy) is 4. The molecule has 0 saturated heterocycles. The number of aromatic hydroxyl groups is 2. The van der Waals surface area contributed by atoms with E-state index in [1.54, 1.807) is 54.6 Å². The van der Waals surface area contributed by atoms with Crippen LogP contribution in [0, 0.1) is 23.7 Å². The highest BCUT2D eigenvalue weighted by atomic mass is 35.5. The topological polar surface area (TPSA) is 186 Å². The highest BCUT2D eigenvalue weighted by Gasteiger charge is 2.49. The van der Waals surface area contributed by atoms with E-state index >= 15 is 0 Å². The van der Waals surface area contributed by atoms with Crippen LogP contribution in [0.3, 0.4) is 0 Å². The predicted molar refractivity (Wildman–Crippen MR) is 264 cm³/mol. The SMILES string of the molecule is C=CCc1cccc(Cl)c1O.COC(=O)[C@H]1C[C@@H]1C(=O)c1cc(Cl)c2c(c1)CCO2.Clc1cccc2c1OCC2.O=C(O)[C@H]1C[C@@H]1C(=O)c1cc(Cl)c2c(c1)CCO2.OCCc1cccc(Cl)c1O. The van der Waals surface area contributed by atoms with Crippen LogP contribution in [0.2, 0.25) is 25.1 Å². The molecular weight excluding hydrogens is 994 g/mol. The summed E-state index contributed by atoms with van der Waals surface area (Å²) in [5, 5.41) is 38.4. The Labute approximate surface area is 424 Å². The number of ketones is 2. The van der Waals surface area contributed by atoms with Crippen LogP contribution in [0.25, 0.3) is 0 Å². The number of allylic oxidation sites excluding steroid dienone is 1. The van der Waals surface area contributed by atoms with Gasteiger partial charge in [0.25, 0.3) is 0 Å². The molecule has 69 heavy (non-hydrogen) atoms. The van der Waals surface area contributed by atoms with E-state index in [4.69, 9.17) is 82.4 Å². The molecule has 4 atom stereocenters. The number of halogens is 5. The number of phenols is 2. The van der Waals surface area contributed by atoms with Gasteiger partial charge in [0.2, 0.25) is 0 Å². The van der Waals surface area contributed by atoms with Gasteiger partial charge in [-0.25, -0.2) is 0 Å². The van der Waals surface area contributed by atoms with Gasteiger partial charge in [-0.1, -0.05) is 100 Å². The number of carboxylic acid groups (broad SMARTS) is 1. The number of phenolic OH excluding ortho intramolecular Hbond substituents is 2. The van der Waals surface area contributed by atoms with Gasteiger partial charge in [-0.05, 0) is 96.0 Å². The summed E-state index contributed by atoms with van der Waals surface area (Å²) in [6.45, 7) is 5.55. The van der Waals surface area contributed by atoms with Crippen LogP contribution in [0.5, 0.6) is 28.7 Å². The minimum atomic E-state index is -0.899. The van der Waals surface area contributed by atoms with E-state index in [1.165, 1.54) is 12.7 Å². The fraction of sp³-hybridized carbons (Fsp3) is 0.308. The molecule has 2 fully saturated rings. The molecule has 5 aliphatic rings. The van der Waals surface area contributed by atoms with E-state index in [0.717, 1.165) is 53.3 Å². The fourth-order valence-electron chi connectivity index (χ4n) is 7.83. The Morgan fingerprint density at radius 1 is 0.623 bits per heavy atom. The van der Waals surface area contributed by atoms with Gasteiger partial charge >= 0.3 is 11.9 Å². The molecule has 5 aromatic carbocycles. The Balaban J connectivity index is 0.000000146. The minimum absolute atomic E-state index is 0.0217. The molecular formula is C52H49Cl5O12. The molecule has 364 valence electrons. The van der Waals surface area contributed by atoms with Crippen molar-refractivity contribution in [3.63, 3.8) is 0 Å². The number of hydrogen-bond acceptors (Lipinski definition) is 11. The smallest absolute Gasteiger partial charge is 0.309 e. The molecule has 2 saturated carbocycles. The van der Waals surface area contributed by atoms with Crippen LogP contribution in [0.15, 0.2) is 91.5 Å². The van der Waals surface area contributed by atoms with Gasteiger partial charge in [-0.15, -0.1) is 6.58 Å². The summed E-state index contributed by atoms with van der Waals surface area (Å²) < 4.78 is 20.7. The molecule has 0 aromatic heterocycles. The Bertz CT molecular complexity index is 2720. The van der Waals surface area contributed by atoms with Crippen LogP contribution < -0.4 is 14.2 Å². The standard InChI is InChI=1S/C14H13ClO4.C13H11ClO4.C9H9ClO.C8H9ClO2.C8H7ClO/c1-18-14(17)10-6-9(10)12(16)8-4-7-2-3-19-13(7)11(15)5-8;14-10-4-7(3-6-1-2-18-12(6)10)11(15)8-5-9(8)13(16)17;1-2-4-7-5-3-6-8(10)9(7)11;9-7-3-1-2-6(4-5-10)8(7)11;9-7-3-1-2-6-4-5-10-8(6)7/h4-5,9-10H,2-3,6H2,1H3;3-4,8-9H,1-2,5H2,(H,16,17);2-3,5-6,11H,1,4H2;1-3,10-11H,4-5H2;1-3H,4-5H2/t9-,10-;8-,9-;;;/m00.../s1. The Hall–Kier alpha value is -5.47. The first-order valence-electron chi connectivity index (χ1n) is 21.9. The molecule has 2 aliphatic carbocycles. The number of Topliss-reactive ketones (excluding diaryl/α,β-unsaturated/α-hetero) is 2. The number of benzene rings is 5. The molecule has 4 N–H and O–H groups in total. The summed E-state index contributed by atoms with van der Waals surface area (Å²) in [5.74, 6) is -0.396. The van der Waals surface area contributed by atoms with Crippen molar-refractivity contribution in [1.82, 2.24) is 0 Å². The minimum Gasteiger partial charge on any atom is -0.506 e. The van der Waals surface area contributed by atoms with Crippen molar-refractivity contribution in [3.8, 4) is 28.7 Å². The fourth-order valence-corrected chi connectivity index (χ4v) is 9.05. The average molecular weight is 1040 g/mol. The van der Waals surface area contributed by atoms with Crippen molar-refractivity contribution in [1.29, 1.82) is 0 Å². The zero-order valence-electron chi connectivity index (χ0n) is 37.3. The van der Waals surface area contributed by atoms with Crippen LogP contribution in [0.4, 0.5) is 0 Å². The molecule has 3 heterocycles. The normalized spacial score (nSPS) is 18.0. The summed E-state index contributed by atoms with van der Waals surface area (Å²) >= 11 is 29.3. The zero-order chi connectivity index (χ0) is 49.9. The third-order valence-electron chi connectivity index (χ3n) is 11.7. The first-order valence-corrected chi connectivity index (χ1v) is 23.8. The zero-order valence-corrected chi connectivity index (χ0v) is 41.1. The van der Waals surface area contributed by atoms with Crippen molar-refractivity contribution < 1.29 is 58.6 Å². The van der Waals surface area contributed by atoms with Gasteiger partial charge in [0.1, 0.15) is 28.7 Å². The Morgan fingerprint density at radius 2 is 1.07 bits per heavy atom. The lowest BCUT2D eigenvalue weighted by Gasteiger charge is -2.06. The van der Waals surface area contributed by atoms with Crippen LogP contribution in [0.1, 0.15) is 61.4 Å². The molecule has 0 spiro atoms. The van der Waals surface area contributed by atoms with Crippen molar-refractivity contribution >= 4 is 81.5 Å². The molecule has 17 heteroatoms. The van der Waals surface area contributed by atoms with Crippen LogP contribution >= 0.6 is 58.0 Å². The third kappa shape index (κ3) is 13.4. The molecule has 0 radical (unpaired) electrons. The number of fused-ring (bicyclic) bond motifs is 3. The lowest BCUT2D eigenvalue weighted by atomic mass is 10.0. The van der Waals surface area contributed by atoms with Gasteiger partial charge in [0, 0.05) is 48.8 Å². The summed E-state index contributed by atoms with van der Waals surface area (Å²) in [5.41, 5.74) is 5.67. The number of aliphatic hydroxyl groups excluding tert-OH is 1. The monoisotopic (exact) mass is 1040 g/mol. The predicted octanol–water partition coefficient (Wildman–Crippen LogP) is 11.1. The van der Waals surface area contributed by atoms with Crippen molar-refractivity contribution in [3.05, 3.63) is 156 Å². The van der Waals surface area contributed by atoms with Gasteiger partial charge in [-0.3, -0.25) is 19.2 Å². The third-order valence-corrected chi connectivity index (χ3v) is 13.1. The summed E-state index contributed by atoms with van der Waals surface area (Å²) in [6, 6.07) is 23.0. The van der Waals surface area contributed by atoms with Crippen LogP contribution in [-0.4, -0.2) is 77.5 Å². The number of methoxy groups -OCH3 is 1. The maximum Gasteiger partial charge on any atom is 0.309 e. The summed E-state index contributed by atoms with van der Waals surface area (Å²) in [7, 11) is 1.34. The molecule has 3 aliphatic heterocycles. The number of aliphatic carboxylic acids is 1. The molecule has 0 amide bonds. The number of para-hydroxylation sites is 3. The van der Waals surface area contributed by atoms with Gasteiger partial charge in [0.05, 0.1) is 63.9 Å². The van der Waals surface area contributed by atoms with Gasteiger partial charge in [-0.2, -0.15) is 0 Å². The largest absolute Gasteiger partial charge is 0.506 e. The molecule has 0 unspecified atom stereocenters. The number of hydrogen-bond donors (Lipinski definition) is 4. The number of rotatable bonds is 10. The number of carbonyl (C=O) groups is 4. The molecule has 10 rings (SSSR count). The lowest BCUT2D eigenvalue weighted by molar-refractivity contribution is -0.142. The molecule has 0 bridgehead atoms. The van der Waals surface area contributed by atoms with Crippen molar-refractivity contribution in [2.75, 3.05) is 33.5 Å². The number of esters is 1. The summed E-state index contributed by atoms with van der Waals surface area (Å²) in [4.78, 5) is 46.5. The molecule has 5 aromatic rings. The second-order valence-electron chi connectivity index (χ2n) is 16.4. The Kier molecular flexibility index (Phi) is 18.7. The van der Waals surface area contributed by atoms with Crippen molar-refractivity contribution in [2.45, 2.75) is 44.9 Å². The van der Waals surface area contributed by atoms with E-state index in [9.17, 15) is 29.4 Å². The highest BCUT2D eigenvalue weighted by Crippen LogP contribution is 2.45. The second kappa shape index (κ2) is 24.4. The number of aliphatic hydroxyl groups is 1. The van der Waals surface area contributed by atoms with Gasteiger partial charge in [0.15, 0.2) is 11.6 Å². The first-order chi connectivity index (χ1) is 33.1. The van der Waals surface area contributed by atoms with Crippen LogP contribution in [-0.2, 0) is 46.4 Å². The van der Waals surface area contributed by atoms with E-state index in [2.05, 4.69) is 11.3 Å². The first kappa shape index (κ1) is 52.9. The maximum absolute atomic E-state index is 12.3. The quantitative estimate of drug-likeness (QED) is 0.0590. The van der Waals surface area contributed by atoms with E-state index in [0.29, 0.717) is 87.2 Å². The maximum atomic E-state index is 12.3. The van der Waals surface area contributed by atoms with E-state index in [1.807, 2.05) is 30.3 Å². The van der Waals surface area contributed by atoms with E-state index in [-0.39, 0.29) is 53.4 Å². The Morgan fingerprint density at radius 3 is 1.55 bits per heavy atom. The highest BCUT2D eigenvalue weighted by molar-refractivity contribution is 6.34. The van der Waals surface area contributed by atoms with Crippen molar-refractivity contribution in [2.24, 2.45) is 23.7 Å². The molecule has 12 nitrogen and oxygen atoms in total. The lowest BCUT2D eigenvalue weighted by Crippen LogP contribution is -2.10. The number of carbonyl (C=O) groups excluding carboxylic acids is 3. The average Bonchev–Trinajstić information content (AvgIpc) is 4.10. The van der Waals surface area contributed by atoms with Gasteiger partial charge < -0.3 is 39.4 Å². The second-order valence-corrected chi connectivity index (χ2v) is 18.4. The summed E-state index contributed by atoms with van der Waals surface area (Å²) in [6.07, 6.45) is 6.31. The van der Waals surface area contributed by atoms with E-state index < -0.39 is 11.9 Å². The number of carboxylic acids is 1.